The highest BCUT2D eigenvalue weighted by Gasteiger charge is 2.62. The first kappa shape index (κ1) is 20.3. The predicted molar refractivity (Wildman–Crippen MR) is 127 cm³/mol. The van der Waals surface area contributed by atoms with Crippen LogP contribution < -0.4 is 0 Å². The molecule has 3 saturated heterocycles. The van der Waals surface area contributed by atoms with Crippen molar-refractivity contribution >= 4 is 35.3 Å². The fraction of sp³-hybridized carbons (Fsp3) is 1.00. The monoisotopic (exact) mass is 468 g/mol. The lowest BCUT2D eigenvalue weighted by Crippen LogP contribution is -2.70. The van der Waals surface area contributed by atoms with Crippen molar-refractivity contribution in [1.82, 2.24) is 0 Å². The molecule has 3 nitrogen and oxygen atoms in total. The van der Waals surface area contributed by atoms with Gasteiger partial charge in [-0.1, -0.05) is 38.5 Å². The zero-order valence-corrected chi connectivity index (χ0v) is 20.3. The van der Waals surface area contributed by atoms with E-state index in [9.17, 15) is 0 Å². The fourth-order valence-electron chi connectivity index (χ4n) is 7.38. The molecule has 0 aromatic carbocycles. The molecule has 7 aliphatic rings. The molecule has 0 aromatic heterocycles. The summed E-state index contributed by atoms with van der Waals surface area (Å²) in [7, 11) is 0. The van der Waals surface area contributed by atoms with Crippen LogP contribution in [0.15, 0.2) is 0 Å². The topological polar surface area (TPSA) is 27.7 Å². The molecule has 168 valence electrons. The van der Waals surface area contributed by atoms with E-state index in [0.717, 1.165) is 0 Å². The Morgan fingerprint density at radius 2 is 0.700 bits per heavy atom. The molecule has 4 aliphatic carbocycles. The van der Waals surface area contributed by atoms with Gasteiger partial charge in [0.2, 0.25) is 0 Å². The minimum absolute atomic E-state index is 0.328. The van der Waals surface area contributed by atoms with Gasteiger partial charge in [0.05, 0.1) is 52.4 Å². The second-order valence-electron chi connectivity index (χ2n) is 10.7. The molecule has 0 amide bonds. The largest absolute Gasteiger partial charge is 0.371 e. The molecule has 0 spiro atoms. The van der Waals surface area contributed by atoms with Crippen LogP contribution in [0.25, 0.3) is 0 Å². The van der Waals surface area contributed by atoms with Gasteiger partial charge in [-0.25, -0.2) is 0 Å². The number of ether oxygens (including phenoxy) is 3. The van der Waals surface area contributed by atoms with Crippen LogP contribution in [0.2, 0.25) is 0 Å². The molecule has 0 aromatic rings. The van der Waals surface area contributed by atoms with E-state index in [1.54, 1.807) is 0 Å². The maximum atomic E-state index is 7.02. The SMILES string of the molecule is C1CCC2SC3C4OC5CCCCC5SC4C4OC5CCCCC5SC4C3OC2C1. The Morgan fingerprint density at radius 3 is 1.03 bits per heavy atom. The summed E-state index contributed by atoms with van der Waals surface area (Å²) in [5, 5.41) is 3.65. The first-order valence-corrected chi connectivity index (χ1v) is 15.6. The quantitative estimate of drug-likeness (QED) is 0.470. The Hall–Kier alpha value is 0.930. The van der Waals surface area contributed by atoms with Crippen LogP contribution >= 0.6 is 35.3 Å². The van der Waals surface area contributed by atoms with Gasteiger partial charge in [-0.05, 0) is 38.5 Å². The molecule has 0 N–H and O–H groups in total. The maximum absolute atomic E-state index is 7.02. The van der Waals surface area contributed by atoms with Crippen molar-refractivity contribution in [2.75, 3.05) is 0 Å². The second kappa shape index (κ2) is 8.30. The Labute approximate surface area is 194 Å². The highest BCUT2D eigenvalue weighted by molar-refractivity contribution is 8.02. The zero-order valence-electron chi connectivity index (χ0n) is 17.9. The van der Waals surface area contributed by atoms with E-state index < -0.39 is 0 Å². The number of rotatable bonds is 0. The van der Waals surface area contributed by atoms with Crippen LogP contribution in [0.5, 0.6) is 0 Å². The lowest BCUT2D eigenvalue weighted by Gasteiger charge is -2.61. The van der Waals surface area contributed by atoms with Crippen molar-refractivity contribution in [1.29, 1.82) is 0 Å². The third-order valence-corrected chi connectivity index (χ3v) is 14.1. The lowest BCUT2D eigenvalue weighted by atomic mass is 9.86. The van der Waals surface area contributed by atoms with E-state index in [1.807, 2.05) is 0 Å². The first-order chi connectivity index (χ1) is 14.8. The minimum Gasteiger partial charge on any atom is -0.371 e. The smallest absolute Gasteiger partial charge is 0.0867 e. The van der Waals surface area contributed by atoms with Gasteiger partial charge in [-0.3, -0.25) is 0 Å². The summed E-state index contributed by atoms with van der Waals surface area (Å²) in [5.41, 5.74) is 0. The van der Waals surface area contributed by atoms with Crippen LogP contribution in [-0.2, 0) is 14.2 Å². The second-order valence-corrected chi connectivity index (χ2v) is 15.0. The normalized spacial score (nSPS) is 57.6. The van der Waals surface area contributed by atoms with E-state index >= 15 is 0 Å². The van der Waals surface area contributed by atoms with Gasteiger partial charge in [-0.2, -0.15) is 0 Å². The summed E-state index contributed by atoms with van der Waals surface area (Å²) in [4.78, 5) is 0. The highest BCUT2D eigenvalue weighted by Crippen LogP contribution is 2.57. The van der Waals surface area contributed by atoms with Crippen LogP contribution in [0, 0.1) is 0 Å². The Kier molecular flexibility index (Phi) is 5.62. The fourth-order valence-corrected chi connectivity index (χ4v) is 13.3. The zero-order chi connectivity index (χ0) is 19.7. The summed E-state index contributed by atoms with van der Waals surface area (Å²) in [6, 6.07) is 0. The average Bonchev–Trinajstić information content (AvgIpc) is 2.81. The molecular weight excluding hydrogens is 432 g/mol. The van der Waals surface area contributed by atoms with Crippen LogP contribution in [-0.4, -0.2) is 68.1 Å². The molecule has 30 heavy (non-hydrogen) atoms. The van der Waals surface area contributed by atoms with E-state index in [0.29, 0.717) is 68.1 Å². The number of thioether (sulfide) groups is 3. The highest BCUT2D eigenvalue weighted by atomic mass is 32.2. The van der Waals surface area contributed by atoms with E-state index in [1.165, 1.54) is 77.0 Å². The van der Waals surface area contributed by atoms with Gasteiger partial charge in [-0.15, -0.1) is 35.3 Å². The van der Waals surface area contributed by atoms with Gasteiger partial charge < -0.3 is 14.2 Å². The minimum atomic E-state index is 0.328. The van der Waals surface area contributed by atoms with Crippen molar-refractivity contribution < 1.29 is 14.2 Å². The van der Waals surface area contributed by atoms with Crippen LogP contribution in [0.1, 0.15) is 77.0 Å². The molecule has 0 radical (unpaired) electrons. The molecule has 6 atom stereocenters. The van der Waals surface area contributed by atoms with Gasteiger partial charge >= 0.3 is 0 Å². The Morgan fingerprint density at radius 1 is 0.400 bits per heavy atom. The van der Waals surface area contributed by atoms with Crippen LogP contribution in [0.3, 0.4) is 0 Å². The summed E-state index contributed by atoms with van der Waals surface area (Å²) < 4.78 is 21.1. The molecule has 0 bridgehead atoms. The summed E-state index contributed by atoms with van der Waals surface area (Å²) in [5.74, 6) is 0. The number of hydrogen-bond acceptors (Lipinski definition) is 6. The number of hydrogen-bond donors (Lipinski definition) is 0. The maximum Gasteiger partial charge on any atom is 0.0867 e. The van der Waals surface area contributed by atoms with Crippen molar-refractivity contribution in [2.45, 2.75) is 145 Å². The van der Waals surface area contributed by atoms with Crippen molar-refractivity contribution in [2.24, 2.45) is 0 Å². The van der Waals surface area contributed by atoms with E-state index in [2.05, 4.69) is 35.3 Å². The van der Waals surface area contributed by atoms with Gasteiger partial charge in [0.25, 0.3) is 0 Å². The predicted octanol–water partition coefficient (Wildman–Crippen LogP) is 5.44. The lowest BCUT2D eigenvalue weighted by molar-refractivity contribution is -0.152. The molecular formula is C24H36O3S3. The van der Waals surface area contributed by atoms with Crippen molar-refractivity contribution in [3.05, 3.63) is 0 Å². The Balaban J connectivity index is 1.22. The molecule has 7 fully saturated rings. The van der Waals surface area contributed by atoms with Crippen molar-refractivity contribution in [3.8, 4) is 0 Å². The van der Waals surface area contributed by atoms with Crippen molar-refractivity contribution in [3.63, 3.8) is 0 Å². The first-order valence-electron chi connectivity index (χ1n) is 12.8. The molecule has 3 aliphatic heterocycles. The third-order valence-electron chi connectivity index (χ3n) is 8.86. The van der Waals surface area contributed by atoms with E-state index in [-0.39, 0.29) is 0 Å². The van der Waals surface area contributed by atoms with Crippen LogP contribution in [0.4, 0.5) is 0 Å². The standard InChI is InChI=1S/C24H36O3S3/c1-4-10-16-13(7-1)25-19-22(28-16)20-24(30-18-12-6-3-9-15(18)26-20)21-23(19)29-17-11-5-2-8-14(17)27-21/h13-24H,1-12H2. The average molecular weight is 469 g/mol. The van der Waals surface area contributed by atoms with Gasteiger partial charge in [0.1, 0.15) is 0 Å². The summed E-state index contributed by atoms with van der Waals surface area (Å²) >= 11 is 6.83. The van der Waals surface area contributed by atoms with Gasteiger partial charge in [0, 0.05) is 15.7 Å². The third kappa shape index (κ3) is 3.36. The number of fused-ring (bicyclic) bond motifs is 9. The molecule has 3 heterocycles. The van der Waals surface area contributed by atoms with Gasteiger partial charge in [0.15, 0.2) is 0 Å². The summed E-state index contributed by atoms with van der Waals surface area (Å²) in [6.45, 7) is 0. The molecule has 4 saturated carbocycles. The molecule has 6 heteroatoms. The molecule has 6 unspecified atom stereocenters. The summed E-state index contributed by atoms with van der Waals surface area (Å²) in [6.07, 6.45) is 18.5. The molecule has 7 rings (SSSR count). The van der Waals surface area contributed by atoms with E-state index in [4.69, 9.17) is 14.2 Å². The Bertz CT molecular complexity index is 498.